The third kappa shape index (κ3) is 4.19. The first kappa shape index (κ1) is 21.5. The second kappa shape index (κ2) is 8.43. The van der Waals surface area contributed by atoms with Gasteiger partial charge in [0.2, 0.25) is 5.95 Å². The van der Waals surface area contributed by atoms with E-state index in [1.54, 1.807) is 0 Å². The van der Waals surface area contributed by atoms with Gasteiger partial charge in [0.1, 0.15) is 5.82 Å². The lowest BCUT2D eigenvalue weighted by atomic mass is 10.2. The zero-order valence-electron chi connectivity index (χ0n) is 17.5. The van der Waals surface area contributed by atoms with Crippen LogP contribution in [0.2, 0.25) is 0 Å². The Kier molecular flexibility index (Phi) is 5.67. The van der Waals surface area contributed by atoms with E-state index in [0.717, 1.165) is 17.1 Å². The van der Waals surface area contributed by atoms with Crippen molar-refractivity contribution in [2.75, 3.05) is 10.0 Å². The van der Waals surface area contributed by atoms with Gasteiger partial charge >= 0.3 is 0 Å². The number of para-hydroxylation sites is 2. The molecule has 0 bridgehead atoms. The second-order valence-corrected chi connectivity index (χ2v) is 8.90. The number of anilines is 2. The van der Waals surface area contributed by atoms with Crippen molar-refractivity contribution in [3.63, 3.8) is 0 Å². The van der Waals surface area contributed by atoms with Crippen LogP contribution in [0.3, 0.4) is 0 Å². The Morgan fingerprint density at radius 2 is 1.78 bits per heavy atom. The quantitative estimate of drug-likeness (QED) is 0.449. The Morgan fingerprint density at radius 3 is 2.47 bits per heavy atom. The molecule has 4 rings (SSSR count). The Hall–Kier alpha value is -3.72. The number of imidazole rings is 1. The molecule has 9 heteroatoms. The summed E-state index contributed by atoms with van der Waals surface area (Å²) in [6, 6.07) is 17.2. The standard InChI is InChI=1S/C23H21FN4O3S/c1-3-28-21-7-5-4-6-20(21)25-23(28)26-22(29)16-8-10-17(11-9-16)27-32(30,31)18-12-13-19(24)15(2)14-18/h4-14,27H,3H2,1-2H3,(H,25,26,29). The van der Waals surface area contributed by atoms with Crippen LogP contribution in [-0.2, 0) is 16.6 Å². The van der Waals surface area contributed by atoms with Crippen molar-refractivity contribution >= 4 is 38.6 Å². The first-order chi connectivity index (χ1) is 15.3. The minimum atomic E-state index is -3.89. The number of aromatic nitrogens is 2. The Bertz CT molecular complexity index is 1410. The Morgan fingerprint density at radius 1 is 1.06 bits per heavy atom. The van der Waals surface area contributed by atoms with Crippen LogP contribution < -0.4 is 10.0 Å². The van der Waals surface area contributed by atoms with E-state index in [0.29, 0.717) is 18.1 Å². The number of nitrogens with zero attached hydrogens (tertiary/aromatic N) is 2. The van der Waals surface area contributed by atoms with Gasteiger partial charge in [-0.25, -0.2) is 17.8 Å². The summed E-state index contributed by atoms with van der Waals surface area (Å²) >= 11 is 0. The maximum absolute atomic E-state index is 13.4. The highest BCUT2D eigenvalue weighted by Gasteiger charge is 2.17. The summed E-state index contributed by atoms with van der Waals surface area (Å²) in [5.41, 5.74) is 2.57. The molecule has 1 aromatic heterocycles. The van der Waals surface area contributed by atoms with Gasteiger partial charge in [-0.3, -0.25) is 14.8 Å². The van der Waals surface area contributed by atoms with Gasteiger partial charge in [-0.05, 0) is 74.0 Å². The molecule has 0 fully saturated rings. The summed E-state index contributed by atoms with van der Waals surface area (Å²) in [6.45, 7) is 4.10. The molecule has 0 saturated heterocycles. The topological polar surface area (TPSA) is 93.1 Å². The molecular formula is C23H21FN4O3S. The lowest BCUT2D eigenvalue weighted by molar-refractivity contribution is 0.102. The van der Waals surface area contributed by atoms with E-state index in [-0.39, 0.29) is 22.1 Å². The van der Waals surface area contributed by atoms with Crippen molar-refractivity contribution < 1.29 is 17.6 Å². The van der Waals surface area contributed by atoms with Crippen molar-refractivity contribution in [3.05, 3.63) is 83.7 Å². The van der Waals surface area contributed by atoms with E-state index < -0.39 is 15.8 Å². The Balaban J connectivity index is 1.51. The zero-order valence-corrected chi connectivity index (χ0v) is 18.3. The minimum absolute atomic E-state index is 0.0447. The molecule has 0 radical (unpaired) electrons. The number of halogens is 1. The fourth-order valence-corrected chi connectivity index (χ4v) is 4.50. The predicted octanol–water partition coefficient (Wildman–Crippen LogP) is 4.56. The van der Waals surface area contributed by atoms with Crippen LogP contribution in [0, 0.1) is 12.7 Å². The predicted molar refractivity (Wildman–Crippen MR) is 122 cm³/mol. The summed E-state index contributed by atoms with van der Waals surface area (Å²) in [5.74, 6) is -0.398. The zero-order chi connectivity index (χ0) is 22.9. The monoisotopic (exact) mass is 452 g/mol. The van der Waals surface area contributed by atoms with Crippen LogP contribution in [0.5, 0.6) is 0 Å². The van der Waals surface area contributed by atoms with E-state index in [2.05, 4.69) is 15.0 Å². The SMILES string of the molecule is CCn1c(NC(=O)c2ccc(NS(=O)(=O)c3ccc(F)c(C)c3)cc2)nc2ccccc21. The van der Waals surface area contributed by atoms with Crippen LogP contribution in [0.4, 0.5) is 16.0 Å². The number of hydrogen-bond donors (Lipinski definition) is 2. The van der Waals surface area contributed by atoms with Gasteiger partial charge in [-0.2, -0.15) is 0 Å². The summed E-state index contributed by atoms with van der Waals surface area (Å²) in [4.78, 5) is 17.1. The molecule has 0 aliphatic carbocycles. The first-order valence-electron chi connectivity index (χ1n) is 9.94. The molecule has 0 atom stereocenters. The number of hydrogen-bond acceptors (Lipinski definition) is 4. The lowest BCUT2D eigenvalue weighted by Gasteiger charge is -2.10. The van der Waals surface area contributed by atoms with E-state index >= 15 is 0 Å². The molecule has 0 aliphatic rings. The van der Waals surface area contributed by atoms with Crippen LogP contribution in [-0.4, -0.2) is 23.9 Å². The van der Waals surface area contributed by atoms with Gasteiger partial charge in [0, 0.05) is 17.8 Å². The number of fused-ring (bicyclic) bond motifs is 1. The van der Waals surface area contributed by atoms with E-state index in [1.165, 1.54) is 43.3 Å². The maximum Gasteiger partial charge on any atom is 0.261 e. The highest BCUT2D eigenvalue weighted by Crippen LogP contribution is 2.21. The minimum Gasteiger partial charge on any atom is -0.310 e. The summed E-state index contributed by atoms with van der Waals surface area (Å²) in [6.07, 6.45) is 0. The smallest absolute Gasteiger partial charge is 0.261 e. The summed E-state index contributed by atoms with van der Waals surface area (Å²) in [5, 5.41) is 2.81. The normalized spacial score (nSPS) is 11.5. The molecule has 32 heavy (non-hydrogen) atoms. The molecule has 2 N–H and O–H groups in total. The fourth-order valence-electron chi connectivity index (χ4n) is 3.35. The molecule has 1 heterocycles. The third-order valence-electron chi connectivity index (χ3n) is 5.04. The van der Waals surface area contributed by atoms with Gasteiger partial charge in [0.15, 0.2) is 0 Å². The molecule has 164 valence electrons. The van der Waals surface area contributed by atoms with Crippen LogP contribution in [0.1, 0.15) is 22.8 Å². The molecule has 0 spiro atoms. The van der Waals surface area contributed by atoms with Gasteiger partial charge in [-0.1, -0.05) is 12.1 Å². The maximum atomic E-state index is 13.4. The van der Waals surface area contributed by atoms with E-state index in [1.807, 2.05) is 35.8 Å². The summed E-state index contributed by atoms with van der Waals surface area (Å²) < 4.78 is 42.9. The van der Waals surface area contributed by atoms with Crippen molar-refractivity contribution in [2.24, 2.45) is 0 Å². The lowest BCUT2D eigenvalue weighted by Crippen LogP contribution is -2.16. The molecule has 1 amide bonds. The number of carbonyl (C=O) groups excluding carboxylic acids is 1. The van der Waals surface area contributed by atoms with Crippen molar-refractivity contribution in [2.45, 2.75) is 25.3 Å². The number of carbonyl (C=O) groups is 1. The molecule has 0 unspecified atom stereocenters. The average molecular weight is 453 g/mol. The largest absolute Gasteiger partial charge is 0.310 e. The van der Waals surface area contributed by atoms with Gasteiger partial charge in [-0.15, -0.1) is 0 Å². The fraction of sp³-hybridized carbons (Fsp3) is 0.130. The van der Waals surface area contributed by atoms with E-state index in [9.17, 15) is 17.6 Å². The number of benzene rings is 3. The number of rotatable bonds is 6. The number of nitrogens with one attached hydrogen (secondary N) is 2. The van der Waals surface area contributed by atoms with E-state index in [4.69, 9.17) is 0 Å². The average Bonchev–Trinajstić information content (AvgIpc) is 3.12. The molecule has 0 aliphatic heterocycles. The highest BCUT2D eigenvalue weighted by atomic mass is 32.2. The van der Waals surface area contributed by atoms with Gasteiger partial charge < -0.3 is 4.57 Å². The first-order valence-corrected chi connectivity index (χ1v) is 11.4. The molecule has 3 aromatic carbocycles. The highest BCUT2D eigenvalue weighted by molar-refractivity contribution is 7.92. The number of aryl methyl sites for hydroxylation is 2. The van der Waals surface area contributed by atoms with Gasteiger partial charge in [0.25, 0.3) is 15.9 Å². The van der Waals surface area contributed by atoms with Crippen molar-refractivity contribution in [1.82, 2.24) is 9.55 Å². The molecule has 4 aromatic rings. The Labute approximate surface area is 185 Å². The van der Waals surface area contributed by atoms with Crippen LogP contribution >= 0.6 is 0 Å². The van der Waals surface area contributed by atoms with Gasteiger partial charge in [0.05, 0.1) is 15.9 Å². The molecule has 7 nitrogen and oxygen atoms in total. The van der Waals surface area contributed by atoms with Crippen molar-refractivity contribution in [3.8, 4) is 0 Å². The van der Waals surface area contributed by atoms with Crippen molar-refractivity contribution in [1.29, 1.82) is 0 Å². The number of amides is 1. The second-order valence-electron chi connectivity index (χ2n) is 7.22. The third-order valence-corrected chi connectivity index (χ3v) is 6.41. The molecular weight excluding hydrogens is 431 g/mol. The van der Waals surface area contributed by atoms with Crippen LogP contribution in [0.25, 0.3) is 11.0 Å². The molecule has 0 saturated carbocycles. The number of sulfonamides is 1. The van der Waals surface area contributed by atoms with Crippen LogP contribution in [0.15, 0.2) is 71.6 Å². The summed E-state index contributed by atoms with van der Waals surface area (Å²) in [7, 11) is -3.89.